The number of ether oxygens (including phenoxy) is 1. The largest absolute Gasteiger partial charge is 0.469 e. The van der Waals surface area contributed by atoms with Gasteiger partial charge < -0.3 is 14.9 Å². The molecule has 2 heterocycles. The van der Waals surface area contributed by atoms with E-state index in [1.807, 2.05) is 0 Å². The van der Waals surface area contributed by atoms with Crippen LogP contribution in [0.4, 0.5) is 0 Å². The third-order valence-electron chi connectivity index (χ3n) is 4.49. The Bertz CT molecular complexity index is 374. The Kier molecular flexibility index (Phi) is 4.36. The fraction of sp³-hybridized carbons (Fsp3) is 0.846. The van der Waals surface area contributed by atoms with Crippen molar-refractivity contribution in [2.45, 2.75) is 37.7 Å². The summed E-state index contributed by atoms with van der Waals surface area (Å²) in [6, 6.07) is 0. The van der Waals surface area contributed by atoms with Gasteiger partial charge in [-0.05, 0) is 25.7 Å². The van der Waals surface area contributed by atoms with Gasteiger partial charge in [0.25, 0.3) is 0 Å². The van der Waals surface area contributed by atoms with Crippen LogP contribution in [-0.2, 0) is 14.4 Å². The van der Waals surface area contributed by atoms with Crippen LogP contribution in [0.2, 0.25) is 0 Å². The average molecular weight is 289 g/mol. The quantitative estimate of drug-likeness (QED) is 0.783. The molecule has 5 nitrogen and oxygen atoms in total. The minimum absolute atomic E-state index is 0. The molecule has 2 fully saturated rings. The molecule has 0 unspecified atom stereocenters. The summed E-state index contributed by atoms with van der Waals surface area (Å²) in [4.78, 5) is 17.0. The lowest BCUT2D eigenvalue weighted by molar-refractivity contribution is -0.146. The number of hydrogen-bond donors (Lipinski definition) is 1. The van der Waals surface area contributed by atoms with E-state index >= 15 is 0 Å². The number of nitrogens with one attached hydrogen (secondary N) is 1. The molecule has 0 radical (unpaired) electrons. The lowest BCUT2D eigenvalue weighted by atomic mass is 9.77. The summed E-state index contributed by atoms with van der Waals surface area (Å²) >= 11 is 0. The molecule has 0 aromatic carbocycles. The molecular weight excluding hydrogens is 268 g/mol. The first-order chi connectivity index (χ1) is 8.72. The van der Waals surface area contributed by atoms with E-state index in [-0.39, 0.29) is 29.9 Å². The van der Waals surface area contributed by atoms with Crippen LogP contribution < -0.4 is 5.32 Å². The number of hydrogen-bond acceptors (Lipinski definition) is 5. The minimum atomic E-state index is -0.0577. The third kappa shape index (κ3) is 2.72. The lowest BCUT2D eigenvalue weighted by Gasteiger charge is -2.36. The average Bonchev–Trinajstić information content (AvgIpc) is 2.83. The van der Waals surface area contributed by atoms with Crippen LogP contribution in [0.25, 0.3) is 0 Å². The van der Waals surface area contributed by atoms with E-state index in [0.29, 0.717) is 5.92 Å². The van der Waals surface area contributed by atoms with Gasteiger partial charge in [0, 0.05) is 25.4 Å². The number of carbonyl (C=O) groups is 1. The Morgan fingerprint density at radius 1 is 1.37 bits per heavy atom. The van der Waals surface area contributed by atoms with Crippen molar-refractivity contribution in [2.75, 3.05) is 20.2 Å². The lowest BCUT2D eigenvalue weighted by Crippen LogP contribution is -2.59. The van der Waals surface area contributed by atoms with Crippen molar-refractivity contribution >= 4 is 24.1 Å². The van der Waals surface area contributed by atoms with E-state index in [9.17, 15) is 4.79 Å². The number of methoxy groups -OCH3 is 1. The molecule has 108 valence electrons. The van der Waals surface area contributed by atoms with Crippen LogP contribution in [0.1, 0.15) is 32.1 Å². The van der Waals surface area contributed by atoms with E-state index in [1.165, 1.54) is 12.8 Å². The molecule has 1 N–H and O–H groups in total. The minimum Gasteiger partial charge on any atom is -0.469 e. The van der Waals surface area contributed by atoms with Crippen molar-refractivity contribution in [3.63, 3.8) is 0 Å². The molecule has 0 atom stereocenters. The SMILES string of the molecule is COC(=O)[C@H]1CC[C@@H](C2=NOC3(CNC3)C2)CC1.Cl. The number of oxime groups is 1. The fourth-order valence-corrected chi connectivity index (χ4v) is 3.19. The molecular formula is C13H21ClN2O3. The van der Waals surface area contributed by atoms with Gasteiger partial charge in [0.05, 0.1) is 18.7 Å². The highest BCUT2D eigenvalue weighted by molar-refractivity contribution is 5.89. The molecule has 0 amide bonds. The van der Waals surface area contributed by atoms with E-state index in [2.05, 4.69) is 10.5 Å². The van der Waals surface area contributed by atoms with Crippen LogP contribution in [0, 0.1) is 11.8 Å². The van der Waals surface area contributed by atoms with Crippen molar-refractivity contribution in [1.29, 1.82) is 0 Å². The van der Waals surface area contributed by atoms with Crippen molar-refractivity contribution in [1.82, 2.24) is 5.32 Å². The predicted molar refractivity (Wildman–Crippen MR) is 73.4 cm³/mol. The summed E-state index contributed by atoms with van der Waals surface area (Å²) < 4.78 is 4.81. The van der Waals surface area contributed by atoms with Crippen molar-refractivity contribution in [3.8, 4) is 0 Å². The first kappa shape index (κ1) is 14.6. The second-order valence-corrected chi connectivity index (χ2v) is 5.71. The summed E-state index contributed by atoms with van der Waals surface area (Å²) in [5, 5.41) is 7.52. The highest BCUT2D eigenvalue weighted by atomic mass is 35.5. The Labute approximate surface area is 119 Å². The van der Waals surface area contributed by atoms with Gasteiger partial charge in [-0.25, -0.2) is 0 Å². The fourth-order valence-electron chi connectivity index (χ4n) is 3.19. The molecule has 1 aliphatic carbocycles. The van der Waals surface area contributed by atoms with Gasteiger partial charge in [0.1, 0.15) is 0 Å². The molecule has 0 bridgehead atoms. The number of esters is 1. The number of nitrogens with zero attached hydrogens (tertiary/aromatic N) is 1. The number of carbonyl (C=O) groups excluding carboxylic acids is 1. The molecule has 3 rings (SSSR count). The summed E-state index contributed by atoms with van der Waals surface area (Å²) in [5.41, 5.74) is 1.17. The van der Waals surface area contributed by atoms with Gasteiger partial charge in [-0.3, -0.25) is 4.79 Å². The summed E-state index contributed by atoms with van der Waals surface area (Å²) in [5.74, 6) is 0.539. The van der Waals surface area contributed by atoms with Crippen LogP contribution in [0.3, 0.4) is 0 Å². The molecule has 1 spiro atoms. The molecule has 1 saturated heterocycles. The maximum Gasteiger partial charge on any atom is 0.308 e. The van der Waals surface area contributed by atoms with Crippen LogP contribution >= 0.6 is 12.4 Å². The zero-order valence-corrected chi connectivity index (χ0v) is 12.0. The molecule has 19 heavy (non-hydrogen) atoms. The van der Waals surface area contributed by atoms with E-state index in [4.69, 9.17) is 9.57 Å². The molecule has 2 aliphatic heterocycles. The second-order valence-electron chi connectivity index (χ2n) is 5.71. The molecule has 3 aliphatic rings. The molecule has 6 heteroatoms. The summed E-state index contributed by atoms with van der Waals surface area (Å²) in [6.45, 7) is 1.83. The first-order valence-electron chi connectivity index (χ1n) is 6.76. The Morgan fingerprint density at radius 2 is 2.05 bits per heavy atom. The van der Waals surface area contributed by atoms with Gasteiger partial charge in [0.15, 0.2) is 5.60 Å². The van der Waals surface area contributed by atoms with Crippen LogP contribution in [0.5, 0.6) is 0 Å². The highest BCUT2D eigenvalue weighted by Gasteiger charge is 2.46. The van der Waals surface area contributed by atoms with Crippen molar-refractivity contribution in [2.24, 2.45) is 17.0 Å². The summed E-state index contributed by atoms with van der Waals surface area (Å²) in [7, 11) is 1.47. The van der Waals surface area contributed by atoms with Gasteiger partial charge in [-0.2, -0.15) is 0 Å². The normalized spacial score (nSPS) is 31.7. The Balaban J connectivity index is 0.00000133. The van der Waals surface area contributed by atoms with E-state index < -0.39 is 0 Å². The van der Waals surface area contributed by atoms with Gasteiger partial charge in [-0.1, -0.05) is 5.16 Å². The van der Waals surface area contributed by atoms with E-state index in [1.54, 1.807) is 0 Å². The molecule has 0 aromatic rings. The van der Waals surface area contributed by atoms with E-state index in [0.717, 1.165) is 45.2 Å². The van der Waals surface area contributed by atoms with Gasteiger partial charge in [-0.15, -0.1) is 12.4 Å². The van der Waals surface area contributed by atoms with Crippen LogP contribution in [0.15, 0.2) is 5.16 Å². The highest BCUT2D eigenvalue weighted by Crippen LogP contribution is 2.37. The Morgan fingerprint density at radius 3 is 2.53 bits per heavy atom. The maximum absolute atomic E-state index is 11.5. The number of halogens is 1. The topological polar surface area (TPSA) is 59.9 Å². The van der Waals surface area contributed by atoms with Gasteiger partial charge >= 0.3 is 5.97 Å². The van der Waals surface area contributed by atoms with Gasteiger partial charge in [0.2, 0.25) is 0 Å². The zero-order chi connectivity index (χ0) is 12.6. The zero-order valence-electron chi connectivity index (χ0n) is 11.2. The molecule has 1 saturated carbocycles. The Hall–Kier alpha value is -0.810. The van der Waals surface area contributed by atoms with Crippen molar-refractivity contribution in [3.05, 3.63) is 0 Å². The number of rotatable bonds is 2. The maximum atomic E-state index is 11.5. The monoisotopic (exact) mass is 288 g/mol. The van der Waals surface area contributed by atoms with Crippen molar-refractivity contribution < 1.29 is 14.4 Å². The standard InChI is InChI=1S/C13H20N2O3.ClH/c1-17-12(16)10-4-2-9(3-5-10)11-6-13(18-15-11)7-14-8-13;/h9-10,14H,2-8H2,1H3;1H/t9-,10+;. The van der Waals surface area contributed by atoms with Crippen LogP contribution in [-0.4, -0.2) is 37.5 Å². The first-order valence-corrected chi connectivity index (χ1v) is 6.76. The smallest absolute Gasteiger partial charge is 0.308 e. The predicted octanol–water partition coefficient (Wildman–Crippen LogP) is 1.51. The second kappa shape index (κ2) is 5.67. The summed E-state index contributed by atoms with van der Waals surface area (Å²) in [6.07, 6.45) is 4.87. The molecule has 0 aromatic heterocycles. The third-order valence-corrected chi connectivity index (χ3v) is 4.49.